The van der Waals surface area contributed by atoms with Gasteiger partial charge in [-0.2, -0.15) is 5.26 Å². The SMILES string of the molecule is CC1(C)Cc2c(C#N)c(N3CCN(C(=O)c4ccco4)C(C)(C)C3)cc(C3CC3)c2CO1. The minimum atomic E-state index is -0.396. The van der Waals surface area contributed by atoms with E-state index >= 15 is 0 Å². The van der Waals surface area contributed by atoms with E-state index < -0.39 is 5.54 Å². The van der Waals surface area contributed by atoms with Gasteiger partial charge < -0.3 is 19.0 Å². The number of nitrogens with zero attached hydrogens (tertiary/aromatic N) is 3. The first kappa shape index (κ1) is 21.1. The fraction of sp³-hybridized carbons (Fsp3) is 0.538. The van der Waals surface area contributed by atoms with Crippen LogP contribution in [0.4, 0.5) is 5.69 Å². The Hall–Kier alpha value is -2.78. The van der Waals surface area contributed by atoms with Crippen LogP contribution in [0.1, 0.15) is 79.3 Å². The van der Waals surface area contributed by atoms with E-state index in [1.807, 2.05) is 4.90 Å². The molecule has 1 saturated heterocycles. The third-order valence-electron chi connectivity index (χ3n) is 7.12. The number of carbonyl (C=O) groups excluding carboxylic acids is 1. The Kier molecular flexibility index (Phi) is 4.86. The van der Waals surface area contributed by atoms with Crippen molar-refractivity contribution < 1.29 is 13.9 Å². The molecule has 1 aliphatic carbocycles. The number of anilines is 1. The zero-order valence-corrected chi connectivity index (χ0v) is 19.4. The average Bonchev–Trinajstić information content (AvgIpc) is 3.43. The first-order valence-electron chi connectivity index (χ1n) is 11.5. The van der Waals surface area contributed by atoms with Crippen LogP contribution in [-0.4, -0.2) is 41.6 Å². The van der Waals surface area contributed by atoms with Crippen LogP contribution in [0.2, 0.25) is 0 Å². The number of hydrogen-bond donors (Lipinski definition) is 0. The number of ether oxygens (including phenoxy) is 1. The summed E-state index contributed by atoms with van der Waals surface area (Å²) in [6.45, 7) is 10.9. The molecule has 0 bridgehead atoms. The van der Waals surface area contributed by atoms with Gasteiger partial charge in [-0.1, -0.05) is 0 Å². The molecule has 0 spiro atoms. The van der Waals surface area contributed by atoms with Crippen molar-refractivity contribution in [3.8, 4) is 6.07 Å². The van der Waals surface area contributed by atoms with E-state index in [2.05, 4.69) is 44.7 Å². The molecule has 32 heavy (non-hydrogen) atoms. The number of rotatable bonds is 3. The van der Waals surface area contributed by atoms with Crippen LogP contribution >= 0.6 is 0 Å². The van der Waals surface area contributed by atoms with E-state index in [1.54, 1.807) is 12.1 Å². The van der Waals surface area contributed by atoms with Crippen molar-refractivity contribution in [1.82, 2.24) is 4.90 Å². The Labute approximate surface area is 189 Å². The Morgan fingerprint density at radius 1 is 1.19 bits per heavy atom. The zero-order valence-electron chi connectivity index (χ0n) is 19.4. The molecule has 2 aliphatic heterocycles. The van der Waals surface area contributed by atoms with Gasteiger partial charge in [-0.25, -0.2) is 0 Å². The highest BCUT2D eigenvalue weighted by Crippen LogP contribution is 2.47. The van der Waals surface area contributed by atoms with Crippen LogP contribution in [0.25, 0.3) is 0 Å². The minimum Gasteiger partial charge on any atom is -0.459 e. The fourth-order valence-corrected chi connectivity index (χ4v) is 5.30. The van der Waals surface area contributed by atoms with Gasteiger partial charge in [0, 0.05) is 26.1 Å². The first-order chi connectivity index (χ1) is 15.2. The molecule has 1 aromatic carbocycles. The molecule has 1 saturated carbocycles. The van der Waals surface area contributed by atoms with Crippen LogP contribution < -0.4 is 4.90 Å². The summed E-state index contributed by atoms with van der Waals surface area (Å²) in [5.41, 5.74) is 4.88. The third kappa shape index (κ3) is 3.59. The van der Waals surface area contributed by atoms with Gasteiger partial charge in [0.05, 0.1) is 35.3 Å². The molecule has 0 unspecified atom stereocenters. The van der Waals surface area contributed by atoms with Crippen molar-refractivity contribution in [3.05, 3.63) is 52.5 Å². The number of benzene rings is 1. The lowest BCUT2D eigenvalue weighted by molar-refractivity contribution is -0.0405. The number of nitriles is 1. The van der Waals surface area contributed by atoms with Gasteiger partial charge in [0.25, 0.3) is 5.91 Å². The third-order valence-corrected chi connectivity index (χ3v) is 7.12. The number of piperazine rings is 1. The van der Waals surface area contributed by atoms with E-state index in [9.17, 15) is 10.1 Å². The zero-order chi connectivity index (χ0) is 22.7. The normalized spacial score (nSPS) is 21.7. The maximum Gasteiger partial charge on any atom is 0.290 e. The van der Waals surface area contributed by atoms with Crippen molar-refractivity contribution in [2.45, 2.75) is 70.6 Å². The maximum absolute atomic E-state index is 13.0. The molecule has 1 amide bonds. The van der Waals surface area contributed by atoms with Gasteiger partial charge in [-0.3, -0.25) is 4.79 Å². The van der Waals surface area contributed by atoms with Crippen LogP contribution in [0.15, 0.2) is 28.9 Å². The van der Waals surface area contributed by atoms with E-state index in [0.717, 1.165) is 23.2 Å². The topological polar surface area (TPSA) is 69.7 Å². The number of carbonyl (C=O) groups is 1. The molecule has 3 aliphatic rings. The van der Waals surface area contributed by atoms with Gasteiger partial charge in [-0.05, 0) is 81.3 Å². The summed E-state index contributed by atoms with van der Waals surface area (Å²) < 4.78 is 11.5. The monoisotopic (exact) mass is 433 g/mol. The van der Waals surface area contributed by atoms with Crippen molar-refractivity contribution in [2.75, 3.05) is 24.5 Å². The summed E-state index contributed by atoms with van der Waals surface area (Å²) in [7, 11) is 0. The Morgan fingerprint density at radius 3 is 2.59 bits per heavy atom. The number of amides is 1. The largest absolute Gasteiger partial charge is 0.459 e. The quantitative estimate of drug-likeness (QED) is 0.706. The smallest absolute Gasteiger partial charge is 0.290 e. The van der Waals surface area contributed by atoms with E-state index in [0.29, 0.717) is 37.9 Å². The number of hydrogen-bond acceptors (Lipinski definition) is 5. The molecular weight excluding hydrogens is 402 g/mol. The second-order valence-corrected chi connectivity index (χ2v) is 10.6. The summed E-state index contributed by atoms with van der Waals surface area (Å²) >= 11 is 0. The van der Waals surface area contributed by atoms with Crippen LogP contribution in [0, 0.1) is 11.3 Å². The molecule has 2 aromatic rings. The standard InChI is InChI=1S/C26H31N3O3/c1-25(2)16-28(9-10-29(25)24(30)23-6-5-11-31-23)22-12-18(17-7-8-17)21-15-32-26(3,4)13-19(21)20(22)14-27/h5-6,11-12,17H,7-10,13,15-16H2,1-4H3. The predicted octanol–water partition coefficient (Wildman–Crippen LogP) is 4.62. The van der Waals surface area contributed by atoms with E-state index in [-0.39, 0.29) is 11.5 Å². The Morgan fingerprint density at radius 2 is 1.97 bits per heavy atom. The van der Waals surface area contributed by atoms with Crippen molar-refractivity contribution in [1.29, 1.82) is 5.26 Å². The van der Waals surface area contributed by atoms with E-state index in [1.165, 1.54) is 30.2 Å². The molecule has 0 atom stereocenters. The number of furan rings is 1. The molecule has 6 heteroatoms. The Balaban J connectivity index is 1.51. The second-order valence-electron chi connectivity index (χ2n) is 10.6. The average molecular weight is 434 g/mol. The molecule has 1 aromatic heterocycles. The van der Waals surface area contributed by atoms with Crippen LogP contribution in [0.3, 0.4) is 0 Å². The fourth-order valence-electron chi connectivity index (χ4n) is 5.30. The summed E-state index contributed by atoms with van der Waals surface area (Å²) in [6, 6.07) is 8.24. The molecule has 168 valence electrons. The molecule has 3 heterocycles. The number of fused-ring (bicyclic) bond motifs is 1. The highest BCUT2D eigenvalue weighted by molar-refractivity contribution is 5.92. The lowest BCUT2D eigenvalue weighted by atomic mass is 9.83. The highest BCUT2D eigenvalue weighted by Gasteiger charge is 2.41. The van der Waals surface area contributed by atoms with Gasteiger partial charge >= 0.3 is 0 Å². The summed E-state index contributed by atoms with van der Waals surface area (Å²) in [5, 5.41) is 10.2. The van der Waals surface area contributed by atoms with Gasteiger partial charge in [-0.15, -0.1) is 0 Å². The predicted molar refractivity (Wildman–Crippen MR) is 122 cm³/mol. The van der Waals surface area contributed by atoms with Crippen molar-refractivity contribution in [3.63, 3.8) is 0 Å². The molecule has 2 fully saturated rings. The summed E-state index contributed by atoms with van der Waals surface area (Å²) in [6.07, 6.45) is 4.70. The van der Waals surface area contributed by atoms with E-state index in [4.69, 9.17) is 9.15 Å². The lowest BCUT2D eigenvalue weighted by Crippen LogP contribution is -2.61. The summed E-state index contributed by atoms with van der Waals surface area (Å²) in [5.74, 6) is 0.870. The maximum atomic E-state index is 13.0. The molecule has 6 nitrogen and oxygen atoms in total. The lowest BCUT2D eigenvalue weighted by Gasteiger charge is -2.48. The van der Waals surface area contributed by atoms with Crippen molar-refractivity contribution >= 4 is 11.6 Å². The molecule has 0 N–H and O–H groups in total. The molecule has 5 rings (SSSR count). The van der Waals surface area contributed by atoms with Crippen LogP contribution in [-0.2, 0) is 17.8 Å². The van der Waals surface area contributed by atoms with Gasteiger partial charge in [0.2, 0.25) is 0 Å². The van der Waals surface area contributed by atoms with Gasteiger partial charge in [0.15, 0.2) is 5.76 Å². The highest BCUT2D eigenvalue weighted by atomic mass is 16.5. The minimum absolute atomic E-state index is 0.0804. The Bertz CT molecular complexity index is 1090. The van der Waals surface area contributed by atoms with Crippen molar-refractivity contribution in [2.24, 2.45) is 0 Å². The molecular formula is C26H31N3O3. The molecule has 0 radical (unpaired) electrons. The second kappa shape index (κ2) is 7.38. The first-order valence-corrected chi connectivity index (χ1v) is 11.5. The van der Waals surface area contributed by atoms with Crippen LogP contribution in [0.5, 0.6) is 0 Å². The van der Waals surface area contributed by atoms with Gasteiger partial charge in [0.1, 0.15) is 6.07 Å². The summed E-state index contributed by atoms with van der Waals surface area (Å²) in [4.78, 5) is 17.2.